The molecule has 5 heteroatoms. The smallest absolute Gasteiger partial charge is 0.219 e. The van der Waals surface area contributed by atoms with Gasteiger partial charge in [0.05, 0.1) is 6.61 Å². The maximum atomic E-state index is 9.50. The van der Waals surface area contributed by atoms with Gasteiger partial charge in [-0.25, -0.2) is 9.97 Å². The van der Waals surface area contributed by atoms with Crippen molar-refractivity contribution in [3.8, 4) is 11.1 Å². The van der Waals surface area contributed by atoms with E-state index in [-0.39, 0.29) is 18.0 Å². The Hall–Kier alpha value is -3.18. The van der Waals surface area contributed by atoms with Crippen molar-refractivity contribution >= 4 is 16.9 Å². The van der Waals surface area contributed by atoms with Crippen LogP contribution in [0.4, 0.5) is 5.95 Å². The third-order valence-corrected chi connectivity index (χ3v) is 6.29. The van der Waals surface area contributed by atoms with Crippen LogP contribution in [-0.2, 0) is 12.0 Å². The molecule has 4 aromatic rings. The number of fused-ring (bicyclic) bond motifs is 1. The molecule has 5 nitrogen and oxygen atoms in total. The third kappa shape index (κ3) is 2.89. The number of nitrogen functional groups attached to an aromatic ring is 1. The van der Waals surface area contributed by atoms with Crippen LogP contribution in [0, 0.1) is 0 Å². The second kappa shape index (κ2) is 7.01. The quantitative estimate of drug-likeness (QED) is 0.542. The van der Waals surface area contributed by atoms with E-state index in [4.69, 9.17) is 5.73 Å². The van der Waals surface area contributed by atoms with Crippen LogP contribution in [0.5, 0.6) is 0 Å². The molecular formula is C24H24N4O. The molecule has 1 saturated carbocycles. The number of nitrogens with two attached hydrogens (primary N) is 1. The molecule has 0 aliphatic heterocycles. The lowest BCUT2D eigenvalue weighted by Crippen LogP contribution is -2.35. The molecular weight excluding hydrogens is 360 g/mol. The van der Waals surface area contributed by atoms with E-state index in [0.29, 0.717) is 6.54 Å². The molecule has 0 radical (unpaired) electrons. The number of hydrogen-bond donors (Lipinski definition) is 2. The summed E-state index contributed by atoms with van der Waals surface area (Å²) in [6.45, 7) is 0.760. The van der Waals surface area contributed by atoms with Crippen LogP contribution in [0.15, 0.2) is 67.1 Å². The number of aliphatic hydroxyl groups is 1. The predicted octanol–water partition coefficient (Wildman–Crippen LogP) is 4.14. The SMILES string of the molecule is Nc1ncc(-c2ccc(C3(c4cn(CCO)c5ccccc45)CCC3)cc2)cn1. The Morgan fingerprint density at radius 1 is 0.966 bits per heavy atom. The number of aromatic nitrogens is 3. The standard InChI is InChI=1S/C24H24N4O/c25-23-26-14-18(15-27-23)17-6-8-19(9-7-17)24(10-3-11-24)21-16-28(12-13-29)22-5-2-1-4-20(21)22/h1-2,4-9,14-16,29H,3,10-13H2,(H2,25,26,27). The summed E-state index contributed by atoms with van der Waals surface area (Å²) in [6.07, 6.45) is 9.29. The van der Waals surface area contributed by atoms with Gasteiger partial charge in [-0.3, -0.25) is 0 Å². The summed E-state index contributed by atoms with van der Waals surface area (Å²) in [5, 5.41) is 10.8. The van der Waals surface area contributed by atoms with Crippen molar-refractivity contribution < 1.29 is 5.11 Å². The zero-order chi connectivity index (χ0) is 19.8. The van der Waals surface area contributed by atoms with Crippen molar-refractivity contribution in [2.24, 2.45) is 0 Å². The Morgan fingerprint density at radius 2 is 1.69 bits per heavy atom. The number of benzene rings is 2. The summed E-state index contributed by atoms with van der Waals surface area (Å²) in [7, 11) is 0. The molecule has 0 atom stereocenters. The molecule has 0 saturated heterocycles. The number of hydrogen-bond acceptors (Lipinski definition) is 4. The maximum Gasteiger partial charge on any atom is 0.219 e. The van der Waals surface area contributed by atoms with Gasteiger partial charge in [-0.05, 0) is 35.6 Å². The third-order valence-electron chi connectivity index (χ3n) is 6.29. The van der Waals surface area contributed by atoms with Gasteiger partial charge in [0, 0.05) is 47.0 Å². The average molecular weight is 384 g/mol. The number of anilines is 1. The molecule has 2 aromatic carbocycles. The molecule has 1 fully saturated rings. The van der Waals surface area contributed by atoms with Crippen LogP contribution < -0.4 is 5.73 Å². The fourth-order valence-electron chi connectivity index (χ4n) is 4.63. The monoisotopic (exact) mass is 384 g/mol. The van der Waals surface area contributed by atoms with Crippen LogP contribution in [0.25, 0.3) is 22.0 Å². The van der Waals surface area contributed by atoms with E-state index in [1.54, 1.807) is 12.4 Å². The van der Waals surface area contributed by atoms with Crippen molar-refractivity contribution in [3.05, 3.63) is 78.2 Å². The molecule has 0 amide bonds. The Kier molecular flexibility index (Phi) is 4.32. The highest BCUT2D eigenvalue weighted by molar-refractivity contribution is 5.86. The van der Waals surface area contributed by atoms with Gasteiger partial charge < -0.3 is 15.4 Å². The second-order valence-electron chi connectivity index (χ2n) is 7.82. The number of aliphatic hydroxyl groups excluding tert-OH is 1. The normalized spacial score (nSPS) is 15.3. The Labute approximate surface area is 169 Å². The first kappa shape index (κ1) is 17.9. The van der Waals surface area contributed by atoms with E-state index in [0.717, 1.165) is 24.0 Å². The van der Waals surface area contributed by atoms with Crippen LogP contribution in [0.2, 0.25) is 0 Å². The van der Waals surface area contributed by atoms with Crippen molar-refractivity contribution in [2.45, 2.75) is 31.2 Å². The van der Waals surface area contributed by atoms with E-state index in [1.807, 2.05) is 0 Å². The Balaban J connectivity index is 1.57. The van der Waals surface area contributed by atoms with E-state index in [2.05, 4.69) is 69.3 Å². The summed E-state index contributed by atoms with van der Waals surface area (Å²) in [6, 6.07) is 17.3. The fraction of sp³-hybridized carbons (Fsp3) is 0.250. The summed E-state index contributed by atoms with van der Waals surface area (Å²) in [5.41, 5.74) is 11.6. The molecule has 2 aromatic heterocycles. The average Bonchev–Trinajstić information content (AvgIpc) is 3.08. The zero-order valence-electron chi connectivity index (χ0n) is 16.3. The van der Waals surface area contributed by atoms with E-state index >= 15 is 0 Å². The molecule has 0 unspecified atom stereocenters. The first-order valence-electron chi connectivity index (χ1n) is 10.1. The Morgan fingerprint density at radius 3 is 2.34 bits per heavy atom. The summed E-state index contributed by atoms with van der Waals surface area (Å²) >= 11 is 0. The first-order chi connectivity index (χ1) is 14.2. The van der Waals surface area contributed by atoms with Crippen molar-refractivity contribution in [1.82, 2.24) is 14.5 Å². The molecule has 2 heterocycles. The van der Waals surface area contributed by atoms with Crippen LogP contribution in [0.3, 0.4) is 0 Å². The van der Waals surface area contributed by atoms with Crippen molar-refractivity contribution in [1.29, 1.82) is 0 Å². The lowest BCUT2D eigenvalue weighted by Gasteiger charge is -2.43. The van der Waals surface area contributed by atoms with Gasteiger partial charge in [0.1, 0.15) is 0 Å². The predicted molar refractivity (Wildman–Crippen MR) is 116 cm³/mol. The molecule has 29 heavy (non-hydrogen) atoms. The van der Waals surface area contributed by atoms with Gasteiger partial charge in [-0.1, -0.05) is 48.9 Å². The van der Waals surface area contributed by atoms with Crippen LogP contribution >= 0.6 is 0 Å². The molecule has 5 rings (SSSR count). The zero-order valence-corrected chi connectivity index (χ0v) is 16.3. The van der Waals surface area contributed by atoms with Gasteiger partial charge in [-0.2, -0.15) is 0 Å². The minimum atomic E-state index is 0.0381. The van der Waals surface area contributed by atoms with Gasteiger partial charge >= 0.3 is 0 Å². The largest absolute Gasteiger partial charge is 0.395 e. The minimum absolute atomic E-state index is 0.0381. The highest BCUT2D eigenvalue weighted by Gasteiger charge is 2.42. The molecule has 3 N–H and O–H groups in total. The van der Waals surface area contributed by atoms with Crippen LogP contribution in [-0.4, -0.2) is 26.2 Å². The first-order valence-corrected chi connectivity index (χ1v) is 10.1. The lowest BCUT2D eigenvalue weighted by atomic mass is 9.60. The van der Waals surface area contributed by atoms with Crippen LogP contribution in [0.1, 0.15) is 30.4 Å². The van der Waals surface area contributed by atoms with Crippen molar-refractivity contribution in [2.75, 3.05) is 12.3 Å². The number of nitrogens with zero attached hydrogens (tertiary/aromatic N) is 3. The van der Waals surface area contributed by atoms with E-state index in [9.17, 15) is 5.11 Å². The minimum Gasteiger partial charge on any atom is -0.395 e. The summed E-state index contributed by atoms with van der Waals surface area (Å²) in [4.78, 5) is 8.20. The van der Waals surface area contributed by atoms with Gasteiger partial charge in [0.25, 0.3) is 0 Å². The maximum absolute atomic E-state index is 9.50. The van der Waals surface area contributed by atoms with E-state index < -0.39 is 0 Å². The van der Waals surface area contributed by atoms with Gasteiger partial charge in [0.2, 0.25) is 5.95 Å². The fourth-order valence-corrected chi connectivity index (χ4v) is 4.63. The molecule has 146 valence electrons. The highest BCUT2D eigenvalue weighted by Crippen LogP contribution is 2.51. The Bertz CT molecular complexity index is 1140. The van der Waals surface area contributed by atoms with Gasteiger partial charge in [-0.15, -0.1) is 0 Å². The van der Waals surface area contributed by atoms with E-state index in [1.165, 1.54) is 28.5 Å². The lowest BCUT2D eigenvalue weighted by molar-refractivity contribution is 0.276. The molecule has 0 spiro atoms. The highest BCUT2D eigenvalue weighted by atomic mass is 16.3. The molecule has 1 aliphatic carbocycles. The van der Waals surface area contributed by atoms with Gasteiger partial charge in [0.15, 0.2) is 0 Å². The molecule has 0 bridgehead atoms. The molecule has 1 aliphatic rings. The number of para-hydroxylation sites is 1. The summed E-state index contributed by atoms with van der Waals surface area (Å²) < 4.78 is 2.19. The topological polar surface area (TPSA) is 77.0 Å². The number of rotatable bonds is 5. The summed E-state index contributed by atoms with van der Waals surface area (Å²) in [5.74, 6) is 0.290. The van der Waals surface area contributed by atoms with Crippen molar-refractivity contribution in [3.63, 3.8) is 0 Å². The second-order valence-corrected chi connectivity index (χ2v) is 7.82.